The van der Waals surface area contributed by atoms with Crippen LogP contribution in [0.25, 0.3) is 11.3 Å². The van der Waals surface area contributed by atoms with Gasteiger partial charge in [-0.25, -0.2) is 0 Å². The van der Waals surface area contributed by atoms with Gasteiger partial charge in [0.05, 0.1) is 17.5 Å². The van der Waals surface area contributed by atoms with Crippen molar-refractivity contribution in [1.82, 2.24) is 15.5 Å². The smallest absolute Gasteiger partial charge is 0.255 e. The SMILES string of the molecule is CCc1ccc(-c2[nH]ncc2C(=O)NCc2ccccc2Cl)cc1. The van der Waals surface area contributed by atoms with Gasteiger partial charge in [-0.15, -0.1) is 0 Å². The third-order valence-corrected chi connectivity index (χ3v) is 4.30. The van der Waals surface area contributed by atoms with Crippen LogP contribution in [0.15, 0.2) is 54.7 Å². The minimum atomic E-state index is -0.182. The highest BCUT2D eigenvalue weighted by molar-refractivity contribution is 6.31. The normalized spacial score (nSPS) is 10.6. The van der Waals surface area contributed by atoms with Crippen LogP contribution in [0.3, 0.4) is 0 Å². The number of aromatic amines is 1. The summed E-state index contributed by atoms with van der Waals surface area (Å²) in [6.07, 6.45) is 2.53. The Morgan fingerprint density at radius 2 is 1.92 bits per heavy atom. The van der Waals surface area contributed by atoms with Gasteiger partial charge in [-0.3, -0.25) is 9.89 Å². The van der Waals surface area contributed by atoms with Crippen LogP contribution < -0.4 is 5.32 Å². The number of rotatable bonds is 5. The number of H-pyrrole nitrogens is 1. The molecule has 0 radical (unpaired) electrons. The summed E-state index contributed by atoms with van der Waals surface area (Å²) < 4.78 is 0. The molecular formula is C19H18ClN3O. The van der Waals surface area contributed by atoms with Gasteiger partial charge >= 0.3 is 0 Å². The van der Waals surface area contributed by atoms with Crippen LogP contribution in [0.2, 0.25) is 5.02 Å². The number of benzene rings is 2. The molecule has 0 fully saturated rings. The molecule has 2 aromatic carbocycles. The lowest BCUT2D eigenvalue weighted by molar-refractivity contribution is 0.0951. The Balaban J connectivity index is 1.76. The van der Waals surface area contributed by atoms with Crippen molar-refractivity contribution >= 4 is 17.5 Å². The molecule has 3 aromatic rings. The summed E-state index contributed by atoms with van der Waals surface area (Å²) in [5.41, 5.74) is 4.31. The molecule has 1 heterocycles. The van der Waals surface area contributed by atoms with Crippen LogP contribution in [0, 0.1) is 0 Å². The second kappa shape index (κ2) is 7.32. The van der Waals surface area contributed by atoms with Crippen LogP contribution in [0.4, 0.5) is 0 Å². The van der Waals surface area contributed by atoms with Crippen LogP contribution in [0.5, 0.6) is 0 Å². The Labute approximate surface area is 145 Å². The topological polar surface area (TPSA) is 57.8 Å². The van der Waals surface area contributed by atoms with Crippen LogP contribution >= 0.6 is 11.6 Å². The van der Waals surface area contributed by atoms with Gasteiger partial charge in [0.1, 0.15) is 0 Å². The van der Waals surface area contributed by atoms with E-state index in [0.29, 0.717) is 22.8 Å². The summed E-state index contributed by atoms with van der Waals surface area (Å²) in [6.45, 7) is 2.48. The standard InChI is InChI=1S/C19H18ClN3O/c1-2-13-7-9-14(10-8-13)18-16(12-22-23-18)19(24)21-11-15-5-3-4-6-17(15)20/h3-10,12H,2,11H2,1H3,(H,21,24)(H,22,23). The van der Waals surface area contributed by atoms with E-state index in [2.05, 4.69) is 34.6 Å². The lowest BCUT2D eigenvalue weighted by Gasteiger charge is -2.08. The van der Waals surface area contributed by atoms with E-state index in [1.807, 2.05) is 36.4 Å². The first-order chi connectivity index (χ1) is 11.7. The Bertz CT molecular complexity index is 840. The molecule has 5 heteroatoms. The molecule has 1 aromatic heterocycles. The van der Waals surface area contributed by atoms with Crippen LogP contribution in [0.1, 0.15) is 28.4 Å². The highest BCUT2D eigenvalue weighted by Crippen LogP contribution is 2.22. The lowest BCUT2D eigenvalue weighted by Crippen LogP contribution is -2.23. The number of aryl methyl sites for hydroxylation is 1. The van der Waals surface area contributed by atoms with Gasteiger partial charge in [0.15, 0.2) is 0 Å². The first kappa shape index (κ1) is 16.3. The van der Waals surface area contributed by atoms with E-state index in [-0.39, 0.29) is 5.91 Å². The highest BCUT2D eigenvalue weighted by Gasteiger charge is 2.15. The second-order valence-electron chi connectivity index (χ2n) is 5.48. The molecule has 2 N–H and O–H groups in total. The molecule has 0 saturated heterocycles. The second-order valence-corrected chi connectivity index (χ2v) is 5.89. The maximum absolute atomic E-state index is 12.5. The van der Waals surface area contributed by atoms with Crippen molar-refractivity contribution in [3.63, 3.8) is 0 Å². The molecular weight excluding hydrogens is 322 g/mol. The first-order valence-electron chi connectivity index (χ1n) is 7.83. The van der Waals surface area contributed by atoms with E-state index < -0.39 is 0 Å². The number of hydrogen-bond acceptors (Lipinski definition) is 2. The molecule has 0 aliphatic heterocycles. The quantitative estimate of drug-likeness (QED) is 0.731. The average molecular weight is 340 g/mol. The van der Waals surface area contributed by atoms with Gasteiger partial charge in [-0.05, 0) is 23.6 Å². The van der Waals surface area contributed by atoms with Crippen molar-refractivity contribution in [1.29, 1.82) is 0 Å². The number of carbonyl (C=O) groups is 1. The zero-order chi connectivity index (χ0) is 16.9. The van der Waals surface area contributed by atoms with E-state index in [1.54, 1.807) is 6.20 Å². The fourth-order valence-electron chi connectivity index (χ4n) is 2.50. The largest absolute Gasteiger partial charge is 0.348 e. The van der Waals surface area contributed by atoms with Gasteiger partial charge in [-0.2, -0.15) is 5.10 Å². The van der Waals surface area contributed by atoms with E-state index in [9.17, 15) is 4.79 Å². The van der Waals surface area contributed by atoms with E-state index in [0.717, 1.165) is 17.5 Å². The maximum Gasteiger partial charge on any atom is 0.255 e. The third-order valence-electron chi connectivity index (χ3n) is 3.93. The first-order valence-corrected chi connectivity index (χ1v) is 8.21. The van der Waals surface area contributed by atoms with Crippen molar-refractivity contribution in [2.75, 3.05) is 0 Å². The van der Waals surface area contributed by atoms with E-state index in [4.69, 9.17) is 11.6 Å². The maximum atomic E-state index is 12.5. The van der Waals surface area contributed by atoms with Crippen molar-refractivity contribution in [2.24, 2.45) is 0 Å². The summed E-state index contributed by atoms with van der Waals surface area (Å²) >= 11 is 6.12. The average Bonchev–Trinajstić information content (AvgIpc) is 3.10. The van der Waals surface area contributed by atoms with Gasteiger partial charge < -0.3 is 5.32 Å². The molecule has 0 spiro atoms. The number of nitrogens with one attached hydrogen (secondary N) is 2. The van der Waals surface area contributed by atoms with Crippen molar-refractivity contribution in [3.8, 4) is 11.3 Å². The number of amides is 1. The van der Waals surface area contributed by atoms with Gasteiger partial charge in [-0.1, -0.05) is 61.0 Å². The number of aromatic nitrogens is 2. The summed E-state index contributed by atoms with van der Waals surface area (Å²) in [4.78, 5) is 12.5. The van der Waals surface area contributed by atoms with Crippen molar-refractivity contribution in [3.05, 3.63) is 76.4 Å². The number of hydrogen-bond donors (Lipinski definition) is 2. The number of halogens is 1. The predicted molar refractivity (Wildman–Crippen MR) is 96.0 cm³/mol. The van der Waals surface area contributed by atoms with Crippen molar-refractivity contribution < 1.29 is 4.79 Å². The fourth-order valence-corrected chi connectivity index (χ4v) is 2.70. The van der Waals surface area contributed by atoms with Crippen LogP contribution in [-0.2, 0) is 13.0 Å². The Morgan fingerprint density at radius 1 is 1.17 bits per heavy atom. The number of carbonyl (C=O) groups excluding carboxylic acids is 1. The molecule has 0 aliphatic rings. The van der Waals surface area contributed by atoms with E-state index in [1.165, 1.54) is 5.56 Å². The molecule has 0 saturated carbocycles. The minimum absolute atomic E-state index is 0.182. The molecule has 122 valence electrons. The Kier molecular flexibility index (Phi) is 4.96. The van der Waals surface area contributed by atoms with Crippen molar-refractivity contribution in [2.45, 2.75) is 19.9 Å². The predicted octanol–water partition coefficient (Wildman–Crippen LogP) is 4.22. The Morgan fingerprint density at radius 3 is 2.62 bits per heavy atom. The molecule has 0 atom stereocenters. The molecule has 3 rings (SSSR count). The van der Waals surface area contributed by atoms with Crippen LogP contribution in [-0.4, -0.2) is 16.1 Å². The summed E-state index contributed by atoms with van der Waals surface area (Å²) in [7, 11) is 0. The zero-order valence-corrected chi connectivity index (χ0v) is 14.1. The fraction of sp³-hybridized carbons (Fsp3) is 0.158. The molecule has 0 bridgehead atoms. The summed E-state index contributed by atoms with van der Waals surface area (Å²) in [6, 6.07) is 15.6. The summed E-state index contributed by atoms with van der Waals surface area (Å²) in [5, 5.41) is 10.5. The van der Waals surface area contributed by atoms with Gasteiger partial charge in [0.2, 0.25) is 0 Å². The third kappa shape index (κ3) is 3.49. The molecule has 0 unspecified atom stereocenters. The van der Waals surface area contributed by atoms with Gasteiger partial charge in [0.25, 0.3) is 5.91 Å². The monoisotopic (exact) mass is 339 g/mol. The van der Waals surface area contributed by atoms with E-state index >= 15 is 0 Å². The van der Waals surface area contributed by atoms with Gasteiger partial charge in [0, 0.05) is 17.1 Å². The highest BCUT2D eigenvalue weighted by atomic mass is 35.5. The number of nitrogens with zero attached hydrogens (tertiary/aromatic N) is 1. The molecule has 1 amide bonds. The Hall–Kier alpha value is -2.59. The minimum Gasteiger partial charge on any atom is -0.348 e. The molecule has 0 aliphatic carbocycles. The molecule has 4 nitrogen and oxygen atoms in total. The molecule has 24 heavy (non-hydrogen) atoms. The summed E-state index contributed by atoms with van der Waals surface area (Å²) in [5.74, 6) is -0.182. The lowest BCUT2D eigenvalue weighted by atomic mass is 10.0. The zero-order valence-electron chi connectivity index (χ0n) is 13.3.